The standard InChI is InChI=1S/C27H22N2O7/c1-2-16-6-10-18(11-7-16)24-23(25(32)19-4-3-5-21(15-19)29(35)36)26(33)27(34)28(24)20-12-8-17(9-13-20)14-22(30)31/h3-13,15,24,32H,2,14H2,1H3,(H,30,31)/b25-23-. The molecule has 0 radical (unpaired) electrons. The number of nitro groups is 1. The van der Waals surface area contributed by atoms with Gasteiger partial charge >= 0.3 is 5.97 Å². The van der Waals surface area contributed by atoms with Crippen molar-refractivity contribution in [3.05, 3.63) is 111 Å². The van der Waals surface area contributed by atoms with Crippen LogP contribution in [0.25, 0.3) is 5.76 Å². The lowest BCUT2D eigenvalue weighted by molar-refractivity contribution is -0.384. The number of aryl methyl sites for hydroxylation is 1. The molecule has 4 rings (SSSR count). The van der Waals surface area contributed by atoms with E-state index in [1.165, 1.54) is 23.1 Å². The number of aliphatic hydroxyl groups excluding tert-OH is 1. The van der Waals surface area contributed by atoms with Gasteiger partial charge in [0.25, 0.3) is 17.4 Å². The number of nitrogens with zero attached hydrogens (tertiary/aromatic N) is 2. The third-order valence-corrected chi connectivity index (χ3v) is 6.05. The van der Waals surface area contributed by atoms with Gasteiger partial charge < -0.3 is 10.2 Å². The minimum atomic E-state index is -1.00. The summed E-state index contributed by atoms with van der Waals surface area (Å²) >= 11 is 0. The minimum absolute atomic E-state index is 0.0363. The van der Waals surface area contributed by atoms with Crippen molar-refractivity contribution in [1.82, 2.24) is 0 Å². The molecule has 3 aromatic carbocycles. The average molecular weight is 486 g/mol. The normalized spacial score (nSPS) is 16.8. The molecule has 0 bridgehead atoms. The molecule has 9 nitrogen and oxygen atoms in total. The highest BCUT2D eigenvalue weighted by Crippen LogP contribution is 2.42. The zero-order chi connectivity index (χ0) is 26.0. The lowest BCUT2D eigenvalue weighted by atomic mass is 9.94. The van der Waals surface area contributed by atoms with E-state index in [1.807, 2.05) is 19.1 Å². The quantitative estimate of drug-likeness (QED) is 0.166. The fourth-order valence-electron chi connectivity index (χ4n) is 4.22. The minimum Gasteiger partial charge on any atom is -0.507 e. The molecule has 1 aliphatic heterocycles. The van der Waals surface area contributed by atoms with Crippen LogP contribution in [0.5, 0.6) is 0 Å². The number of hydrogen-bond donors (Lipinski definition) is 2. The molecule has 1 aliphatic rings. The molecule has 1 saturated heterocycles. The maximum absolute atomic E-state index is 13.2. The summed E-state index contributed by atoms with van der Waals surface area (Å²) in [5.41, 5.74) is 2.03. The molecular formula is C27H22N2O7. The Morgan fingerprint density at radius 3 is 2.19 bits per heavy atom. The number of carboxylic acids is 1. The number of carbonyl (C=O) groups is 3. The van der Waals surface area contributed by atoms with Crippen LogP contribution >= 0.6 is 0 Å². The number of amides is 1. The van der Waals surface area contributed by atoms with Crippen LogP contribution in [0.2, 0.25) is 0 Å². The summed E-state index contributed by atoms with van der Waals surface area (Å²) in [7, 11) is 0. The fourth-order valence-corrected chi connectivity index (χ4v) is 4.22. The van der Waals surface area contributed by atoms with Crippen LogP contribution < -0.4 is 4.90 Å². The summed E-state index contributed by atoms with van der Waals surface area (Å²) in [5.74, 6) is -3.33. The molecule has 1 heterocycles. The van der Waals surface area contributed by atoms with Crippen molar-refractivity contribution >= 4 is 34.8 Å². The van der Waals surface area contributed by atoms with Gasteiger partial charge in [0.05, 0.1) is 23.0 Å². The molecule has 1 amide bonds. The Morgan fingerprint density at radius 1 is 0.972 bits per heavy atom. The maximum atomic E-state index is 13.2. The zero-order valence-corrected chi connectivity index (χ0v) is 19.2. The summed E-state index contributed by atoms with van der Waals surface area (Å²) < 4.78 is 0. The summed E-state index contributed by atoms with van der Waals surface area (Å²) in [6.45, 7) is 1.99. The molecule has 1 atom stereocenters. The lowest BCUT2D eigenvalue weighted by Crippen LogP contribution is -2.29. The van der Waals surface area contributed by atoms with Crippen LogP contribution in [0.1, 0.15) is 35.2 Å². The van der Waals surface area contributed by atoms with Crippen LogP contribution in [0.15, 0.2) is 78.4 Å². The Balaban J connectivity index is 1.88. The summed E-state index contributed by atoms with van der Waals surface area (Å²) in [5, 5.41) is 31.4. The number of non-ortho nitro benzene ring substituents is 1. The Kier molecular flexibility index (Phi) is 6.64. The van der Waals surface area contributed by atoms with Gasteiger partial charge in [0.2, 0.25) is 0 Å². The second kappa shape index (κ2) is 9.83. The first kappa shape index (κ1) is 24.3. The second-order valence-corrected chi connectivity index (χ2v) is 8.31. The molecule has 0 saturated carbocycles. The number of rotatable bonds is 7. The first-order valence-electron chi connectivity index (χ1n) is 11.2. The molecule has 3 aromatic rings. The highest BCUT2D eigenvalue weighted by Gasteiger charge is 2.47. The smallest absolute Gasteiger partial charge is 0.307 e. The zero-order valence-electron chi connectivity index (χ0n) is 19.2. The number of anilines is 1. The number of aliphatic carboxylic acids is 1. The summed E-state index contributed by atoms with van der Waals surface area (Å²) in [6, 6.07) is 17.7. The van der Waals surface area contributed by atoms with Crippen molar-refractivity contribution in [3.8, 4) is 0 Å². The van der Waals surface area contributed by atoms with Gasteiger partial charge in [-0.1, -0.05) is 55.5 Å². The van der Waals surface area contributed by atoms with Crippen molar-refractivity contribution in [3.63, 3.8) is 0 Å². The van der Waals surface area contributed by atoms with Gasteiger partial charge in [-0.05, 0) is 35.2 Å². The monoisotopic (exact) mass is 486 g/mol. The van der Waals surface area contributed by atoms with E-state index in [0.717, 1.165) is 18.1 Å². The second-order valence-electron chi connectivity index (χ2n) is 8.31. The van der Waals surface area contributed by atoms with Gasteiger partial charge in [0.15, 0.2) is 0 Å². The number of carboxylic acid groups (broad SMARTS) is 1. The SMILES string of the molecule is CCc1ccc(C2/C(=C(/O)c3cccc([N+](=O)[O-])c3)C(=O)C(=O)N2c2ccc(CC(=O)O)cc2)cc1. The molecule has 182 valence electrons. The van der Waals surface area contributed by atoms with E-state index in [1.54, 1.807) is 36.4 Å². The van der Waals surface area contributed by atoms with E-state index in [2.05, 4.69) is 0 Å². The maximum Gasteiger partial charge on any atom is 0.307 e. The Hall–Kier alpha value is -4.79. The third-order valence-electron chi connectivity index (χ3n) is 6.05. The van der Waals surface area contributed by atoms with Gasteiger partial charge in [0, 0.05) is 23.4 Å². The molecule has 0 aliphatic carbocycles. The molecule has 2 N–H and O–H groups in total. The first-order chi connectivity index (χ1) is 17.2. The van der Waals surface area contributed by atoms with Gasteiger partial charge in [-0.25, -0.2) is 0 Å². The third kappa shape index (κ3) is 4.58. The summed E-state index contributed by atoms with van der Waals surface area (Å²) in [4.78, 5) is 49.3. The number of hydrogen-bond acceptors (Lipinski definition) is 6. The van der Waals surface area contributed by atoms with Gasteiger partial charge in [0.1, 0.15) is 5.76 Å². The van der Waals surface area contributed by atoms with E-state index in [0.29, 0.717) is 16.8 Å². The molecule has 0 spiro atoms. The molecule has 1 unspecified atom stereocenters. The van der Waals surface area contributed by atoms with E-state index in [4.69, 9.17) is 5.11 Å². The predicted molar refractivity (Wildman–Crippen MR) is 131 cm³/mol. The number of ketones is 1. The van der Waals surface area contributed by atoms with Gasteiger partial charge in [-0.15, -0.1) is 0 Å². The highest BCUT2D eigenvalue weighted by molar-refractivity contribution is 6.51. The molecule has 9 heteroatoms. The number of carbonyl (C=O) groups excluding carboxylic acids is 2. The molecule has 0 aromatic heterocycles. The van der Waals surface area contributed by atoms with Crippen molar-refractivity contribution in [1.29, 1.82) is 0 Å². The van der Waals surface area contributed by atoms with Gasteiger partial charge in [-0.3, -0.25) is 29.4 Å². The van der Waals surface area contributed by atoms with Crippen molar-refractivity contribution in [2.45, 2.75) is 25.8 Å². The number of benzene rings is 3. The molecule has 36 heavy (non-hydrogen) atoms. The Bertz CT molecular complexity index is 1390. The van der Waals surface area contributed by atoms with E-state index in [-0.39, 0.29) is 23.2 Å². The topological polar surface area (TPSA) is 138 Å². The van der Waals surface area contributed by atoms with Crippen LogP contribution in [0, 0.1) is 10.1 Å². The Morgan fingerprint density at radius 2 is 1.61 bits per heavy atom. The van der Waals surface area contributed by atoms with Crippen molar-refractivity contribution in [2.24, 2.45) is 0 Å². The van der Waals surface area contributed by atoms with Crippen LogP contribution in [0.4, 0.5) is 11.4 Å². The Labute approximate surface area is 206 Å². The fraction of sp³-hybridized carbons (Fsp3) is 0.148. The van der Waals surface area contributed by atoms with Crippen LogP contribution in [0.3, 0.4) is 0 Å². The van der Waals surface area contributed by atoms with E-state index in [9.17, 15) is 29.6 Å². The van der Waals surface area contributed by atoms with Crippen LogP contribution in [-0.2, 0) is 27.2 Å². The number of aliphatic hydroxyl groups is 1. The summed E-state index contributed by atoms with van der Waals surface area (Å²) in [6.07, 6.45) is 0.576. The number of Topliss-reactive ketones (excluding diaryl/α,β-unsaturated/α-hetero) is 1. The predicted octanol–water partition coefficient (Wildman–Crippen LogP) is 4.41. The van der Waals surface area contributed by atoms with E-state index >= 15 is 0 Å². The molecule has 1 fully saturated rings. The van der Waals surface area contributed by atoms with Crippen molar-refractivity contribution < 1.29 is 29.5 Å². The van der Waals surface area contributed by atoms with Crippen LogP contribution in [-0.4, -0.2) is 32.8 Å². The lowest BCUT2D eigenvalue weighted by Gasteiger charge is -2.25. The average Bonchev–Trinajstić information content (AvgIpc) is 3.14. The highest BCUT2D eigenvalue weighted by atomic mass is 16.6. The largest absolute Gasteiger partial charge is 0.507 e. The van der Waals surface area contributed by atoms with E-state index < -0.39 is 34.4 Å². The molecular weight excluding hydrogens is 464 g/mol. The first-order valence-corrected chi connectivity index (χ1v) is 11.2. The van der Waals surface area contributed by atoms with Gasteiger partial charge in [-0.2, -0.15) is 0 Å². The number of nitro benzene ring substituents is 1. The van der Waals surface area contributed by atoms with Crippen molar-refractivity contribution in [2.75, 3.05) is 4.90 Å².